The fourth-order valence-electron chi connectivity index (χ4n) is 2.40. The lowest BCUT2D eigenvalue weighted by Gasteiger charge is -2.12. The number of carbonyl (C=O) groups excluding carboxylic acids is 1. The van der Waals surface area contributed by atoms with E-state index in [0.717, 1.165) is 36.1 Å². The first-order valence-corrected chi connectivity index (χ1v) is 6.07. The Hall–Kier alpha value is -2.07. The standard InChI is InChI=1S/C14H15N3O/c15-14(18)11-3-1-2-10-8-12(17-13(10)11)9-4-6-16-7-5-9/h1-4,8,16-17H,5-7H2,(H2,15,18). The maximum Gasteiger partial charge on any atom is 0.250 e. The summed E-state index contributed by atoms with van der Waals surface area (Å²) in [5.41, 5.74) is 9.14. The fourth-order valence-corrected chi connectivity index (χ4v) is 2.40. The Labute approximate surface area is 105 Å². The number of H-pyrrole nitrogens is 1. The predicted molar refractivity (Wildman–Crippen MR) is 72.3 cm³/mol. The van der Waals surface area contributed by atoms with Gasteiger partial charge in [0.25, 0.3) is 5.91 Å². The van der Waals surface area contributed by atoms with Crippen molar-refractivity contribution in [1.29, 1.82) is 0 Å². The van der Waals surface area contributed by atoms with Gasteiger partial charge >= 0.3 is 0 Å². The first-order valence-electron chi connectivity index (χ1n) is 6.07. The minimum atomic E-state index is -0.395. The molecule has 1 amide bonds. The largest absolute Gasteiger partial charge is 0.366 e. The molecule has 0 unspecified atom stereocenters. The van der Waals surface area contributed by atoms with Crippen molar-refractivity contribution in [3.8, 4) is 0 Å². The third-order valence-corrected chi connectivity index (χ3v) is 3.33. The van der Waals surface area contributed by atoms with Crippen molar-refractivity contribution in [2.45, 2.75) is 6.42 Å². The lowest BCUT2D eigenvalue weighted by atomic mass is 10.1. The van der Waals surface area contributed by atoms with Crippen LogP contribution in [0.2, 0.25) is 0 Å². The highest BCUT2D eigenvalue weighted by molar-refractivity contribution is 6.05. The minimum absolute atomic E-state index is 0.395. The number of fused-ring (bicyclic) bond motifs is 1. The van der Waals surface area contributed by atoms with Gasteiger partial charge in [0, 0.05) is 17.6 Å². The van der Waals surface area contributed by atoms with Crippen molar-refractivity contribution in [2.75, 3.05) is 13.1 Å². The van der Waals surface area contributed by atoms with Gasteiger partial charge in [0.15, 0.2) is 0 Å². The van der Waals surface area contributed by atoms with Crippen LogP contribution in [0.5, 0.6) is 0 Å². The Morgan fingerprint density at radius 1 is 1.33 bits per heavy atom. The molecule has 0 spiro atoms. The molecule has 2 heterocycles. The number of nitrogens with two attached hydrogens (primary N) is 1. The summed E-state index contributed by atoms with van der Waals surface area (Å²) in [6.07, 6.45) is 3.18. The summed E-state index contributed by atoms with van der Waals surface area (Å²) in [7, 11) is 0. The van der Waals surface area contributed by atoms with Crippen LogP contribution in [0, 0.1) is 0 Å². The number of rotatable bonds is 2. The molecule has 1 aromatic carbocycles. The first-order chi connectivity index (χ1) is 8.75. The Bertz CT molecular complexity index is 640. The molecule has 0 saturated heterocycles. The number of primary amides is 1. The Morgan fingerprint density at radius 3 is 2.94 bits per heavy atom. The lowest BCUT2D eigenvalue weighted by molar-refractivity contribution is 0.100. The average molecular weight is 241 g/mol. The van der Waals surface area contributed by atoms with Crippen molar-refractivity contribution in [2.24, 2.45) is 5.73 Å². The van der Waals surface area contributed by atoms with E-state index in [-0.39, 0.29) is 0 Å². The second-order valence-corrected chi connectivity index (χ2v) is 4.50. The monoisotopic (exact) mass is 241 g/mol. The highest BCUT2D eigenvalue weighted by Crippen LogP contribution is 2.25. The van der Waals surface area contributed by atoms with Crippen molar-refractivity contribution < 1.29 is 4.79 Å². The average Bonchev–Trinajstić information content (AvgIpc) is 2.83. The van der Waals surface area contributed by atoms with Crippen LogP contribution in [-0.4, -0.2) is 24.0 Å². The number of benzene rings is 1. The molecule has 2 aromatic rings. The molecule has 18 heavy (non-hydrogen) atoms. The summed E-state index contributed by atoms with van der Waals surface area (Å²) < 4.78 is 0. The quantitative estimate of drug-likeness (QED) is 0.748. The second-order valence-electron chi connectivity index (χ2n) is 4.50. The number of aromatic nitrogens is 1. The van der Waals surface area contributed by atoms with E-state index in [2.05, 4.69) is 22.4 Å². The molecule has 0 aliphatic carbocycles. The molecule has 4 N–H and O–H groups in total. The SMILES string of the molecule is NC(=O)c1cccc2cc(C3=CCNCC3)[nH]c12. The van der Waals surface area contributed by atoms with Crippen LogP contribution in [0.25, 0.3) is 16.5 Å². The van der Waals surface area contributed by atoms with Crippen LogP contribution >= 0.6 is 0 Å². The van der Waals surface area contributed by atoms with Gasteiger partial charge in [-0.1, -0.05) is 18.2 Å². The predicted octanol–water partition coefficient (Wildman–Crippen LogP) is 1.64. The van der Waals surface area contributed by atoms with Crippen LogP contribution in [0.4, 0.5) is 0 Å². The summed E-state index contributed by atoms with van der Waals surface area (Å²) in [5, 5.41) is 4.31. The van der Waals surface area contributed by atoms with E-state index in [0.29, 0.717) is 5.56 Å². The molecule has 4 nitrogen and oxygen atoms in total. The zero-order valence-corrected chi connectivity index (χ0v) is 9.99. The van der Waals surface area contributed by atoms with E-state index in [1.807, 2.05) is 12.1 Å². The van der Waals surface area contributed by atoms with Gasteiger partial charge in [0.1, 0.15) is 0 Å². The summed E-state index contributed by atoms with van der Waals surface area (Å²) in [6.45, 7) is 1.89. The van der Waals surface area contributed by atoms with E-state index >= 15 is 0 Å². The Balaban J connectivity index is 2.13. The van der Waals surface area contributed by atoms with Crippen LogP contribution < -0.4 is 11.1 Å². The molecular formula is C14H15N3O. The number of amides is 1. The molecule has 0 radical (unpaired) electrons. The topological polar surface area (TPSA) is 70.9 Å². The first kappa shape index (κ1) is 11.0. The van der Waals surface area contributed by atoms with E-state index in [4.69, 9.17) is 5.73 Å². The highest BCUT2D eigenvalue weighted by atomic mass is 16.1. The van der Waals surface area contributed by atoms with Crippen molar-refractivity contribution >= 4 is 22.4 Å². The van der Waals surface area contributed by atoms with Gasteiger partial charge in [0.05, 0.1) is 11.1 Å². The molecule has 0 fully saturated rings. The van der Waals surface area contributed by atoms with E-state index in [9.17, 15) is 4.79 Å². The Kier molecular flexibility index (Phi) is 2.64. The molecule has 4 heteroatoms. The minimum Gasteiger partial charge on any atom is -0.366 e. The molecular weight excluding hydrogens is 226 g/mol. The second kappa shape index (κ2) is 4.31. The molecule has 0 bridgehead atoms. The van der Waals surface area contributed by atoms with Gasteiger partial charge in [-0.05, 0) is 30.7 Å². The van der Waals surface area contributed by atoms with Gasteiger partial charge < -0.3 is 16.0 Å². The summed E-state index contributed by atoms with van der Waals surface area (Å²) in [6, 6.07) is 7.68. The summed E-state index contributed by atoms with van der Waals surface area (Å²) >= 11 is 0. The third-order valence-electron chi connectivity index (χ3n) is 3.33. The third kappa shape index (κ3) is 1.80. The molecule has 1 aliphatic heterocycles. The number of nitrogens with one attached hydrogen (secondary N) is 2. The van der Waals surface area contributed by atoms with E-state index < -0.39 is 5.91 Å². The number of hydrogen-bond donors (Lipinski definition) is 3. The van der Waals surface area contributed by atoms with E-state index in [1.54, 1.807) is 6.07 Å². The number of para-hydroxylation sites is 1. The van der Waals surface area contributed by atoms with Crippen molar-refractivity contribution in [3.05, 3.63) is 41.6 Å². The van der Waals surface area contributed by atoms with Crippen LogP contribution in [-0.2, 0) is 0 Å². The number of hydrogen-bond acceptors (Lipinski definition) is 2. The molecule has 0 atom stereocenters. The van der Waals surface area contributed by atoms with Crippen molar-refractivity contribution in [3.63, 3.8) is 0 Å². The molecule has 0 saturated carbocycles. The van der Waals surface area contributed by atoms with Gasteiger partial charge in [0.2, 0.25) is 0 Å². The highest BCUT2D eigenvalue weighted by Gasteiger charge is 2.12. The maximum absolute atomic E-state index is 11.4. The molecule has 92 valence electrons. The lowest BCUT2D eigenvalue weighted by Crippen LogP contribution is -2.20. The summed E-state index contributed by atoms with van der Waals surface area (Å²) in [5.74, 6) is -0.395. The molecule has 3 rings (SSSR count). The van der Waals surface area contributed by atoms with Crippen molar-refractivity contribution in [1.82, 2.24) is 10.3 Å². The van der Waals surface area contributed by atoms with Gasteiger partial charge in [-0.25, -0.2) is 0 Å². The normalized spacial score (nSPS) is 15.7. The van der Waals surface area contributed by atoms with Gasteiger partial charge in [-0.3, -0.25) is 4.79 Å². The Morgan fingerprint density at radius 2 is 2.22 bits per heavy atom. The maximum atomic E-state index is 11.4. The smallest absolute Gasteiger partial charge is 0.250 e. The molecule has 1 aromatic heterocycles. The van der Waals surface area contributed by atoms with Gasteiger partial charge in [-0.2, -0.15) is 0 Å². The zero-order chi connectivity index (χ0) is 12.5. The zero-order valence-electron chi connectivity index (χ0n) is 9.99. The van der Waals surface area contributed by atoms with Crippen LogP contribution in [0.15, 0.2) is 30.3 Å². The number of aromatic amines is 1. The fraction of sp³-hybridized carbons (Fsp3) is 0.214. The van der Waals surface area contributed by atoms with Crippen LogP contribution in [0.3, 0.4) is 0 Å². The summed E-state index contributed by atoms with van der Waals surface area (Å²) in [4.78, 5) is 14.7. The molecule has 1 aliphatic rings. The van der Waals surface area contributed by atoms with E-state index in [1.165, 1.54) is 5.57 Å². The van der Waals surface area contributed by atoms with Gasteiger partial charge in [-0.15, -0.1) is 0 Å². The number of carbonyl (C=O) groups is 1. The van der Waals surface area contributed by atoms with Crippen LogP contribution in [0.1, 0.15) is 22.5 Å².